The molecular weight excluding hydrogens is 484 g/mol. The fourth-order valence-electron chi connectivity index (χ4n) is 2.88. The minimum Gasteiger partial charge on any atom is -0.481 e. The Bertz CT molecular complexity index is 929. The maximum Gasteiger partial charge on any atom is 0.326 e. The quantitative estimate of drug-likeness (QED) is 0.125. The van der Waals surface area contributed by atoms with E-state index in [1.807, 2.05) is 0 Å². The molecule has 0 aliphatic heterocycles. The molecule has 0 heterocycles. The number of nitrogens with one attached hydrogen (secondary N) is 3. The summed E-state index contributed by atoms with van der Waals surface area (Å²) in [5.41, 5.74) is 6.14. The van der Waals surface area contributed by atoms with Gasteiger partial charge in [0.05, 0.1) is 12.5 Å². The van der Waals surface area contributed by atoms with E-state index in [1.54, 1.807) is 30.3 Å². The van der Waals surface area contributed by atoms with Gasteiger partial charge < -0.3 is 37.0 Å². The molecule has 8 N–H and O–H groups in total. The molecule has 0 saturated heterocycles. The van der Waals surface area contributed by atoms with Crippen molar-refractivity contribution >= 4 is 48.3 Å². The molecule has 0 bridgehead atoms. The number of amides is 3. The fraction of sp³-hybridized carbons (Fsp3) is 0.429. The second-order valence-corrected chi connectivity index (χ2v) is 7.90. The second kappa shape index (κ2) is 14.6. The van der Waals surface area contributed by atoms with Gasteiger partial charge in [-0.3, -0.25) is 24.0 Å². The van der Waals surface area contributed by atoms with Crippen molar-refractivity contribution in [3.8, 4) is 0 Å². The predicted molar refractivity (Wildman–Crippen MR) is 125 cm³/mol. The van der Waals surface area contributed by atoms with Gasteiger partial charge in [-0.1, -0.05) is 30.3 Å². The minimum atomic E-state index is -1.71. The Balaban J connectivity index is 3.02. The van der Waals surface area contributed by atoms with Crippen molar-refractivity contribution in [2.24, 2.45) is 5.73 Å². The number of rotatable bonds is 15. The molecule has 35 heavy (non-hydrogen) atoms. The van der Waals surface area contributed by atoms with E-state index in [9.17, 15) is 33.9 Å². The van der Waals surface area contributed by atoms with Crippen LogP contribution in [0.2, 0.25) is 0 Å². The highest BCUT2D eigenvalue weighted by atomic mass is 32.1. The fourth-order valence-corrected chi connectivity index (χ4v) is 3.04. The van der Waals surface area contributed by atoms with Crippen LogP contribution < -0.4 is 21.7 Å². The van der Waals surface area contributed by atoms with E-state index in [0.717, 1.165) is 0 Å². The van der Waals surface area contributed by atoms with Crippen molar-refractivity contribution in [2.75, 3.05) is 5.75 Å². The van der Waals surface area contributed by atoms with Crippen LogP contribution in [0.3, 0.4) is 0 Å². The molecule has 13 nitrogen and oxygen atoms in total. The average Bonchev–Trinajstić information content (AvgIpc) is 2.80. The van der Waals surface area contributed by atoms with Gasteiger partial charge in [0.25, 0.3) is 0 Å². The number of carboxylic acid groups (broad SMARTS) is 3. The normalized spacial score (nSPS) is 14.0. The number of hydrogen-bond donors (Lipinski definition) is 8. The Hall–Kier alpha value is -3.65. The third-order valence-electron chi connectivity index (χ3n) is 4.72. The highest BCUT2D eigenvalue weighted by Gasteiger charge is 2.31. The largest absolute Gasteiger partial charge is 0.481 e. The van der Waals surface area contributed by atoms with E-state index in [-0.39, 0.29) is 18.6 Å². The predicted octanol–water partition coefficient (Wildman–Crippen LogP) is -1.64. The van der Waals surface area contributed by atoms with E-state index < -0.39 is 72.6 Å². The summed E-state index contributed by atoms with van der Waals surface area (Å²) in [5, 5.41) is 34.2. The molecule has 0 aliphatic carbocycles. The van der Waals surface area contributed by atoms with Gasteiger partial charge in [-0.15, -0.1) is 0 Å². The van der Waals surface area contributed by atoms with Crippen LogP contribution in [0, 0.1) is 0 Å². The van der Waals surface area contributed by atoms with E-state index in [4.69, 9.17) is 15.9 Å². The molecule has 0 aromatic heterocycles. The lowest BCUT2D eigenvalue weighted by molar-refractivity contribution is -0.143. The Morgan fingerprint density at radius 1 is 0.800 bits per heavy atom. The maximum absolute atomic E-state index is 12.7. The van der Waals surface area contributed by atoms with Crippen molar-refractivity contribution in [3.63, 3.8) is 0 Å². The van der Waals surface area contributed by atoms with Crippen LogP contribution in [0.4, 0.5) is 0 Å². The molecule has 0 radical (unpaired) electrons. The van der Waals surface area contributed by atoms with Crippen LogP contribution in [-0.2, 0) is 35.2 Å². The molecule has 1 aromatic rings. The Kier molecular flexibility index (Phi) is 12.2. The highest BCUT2D eigenvalue weighted by Crippen LogP contribution is 2.06. The van der Waals surface area contributed by atoms with E-state index >= 15 is 0 Å². The van der Waals surface area contributed by atoms with Crippen LogP contribution in [-0.4, -0.2) is 80.9 Å². The van der Waals surface area contributed by atoms with Crippen molar-refractivity contribution in [1.29, 1.82) is 0 Å². The van der Waals surface area contributed by atoms with Gasteiger partial charge in [0.2, 0.25) is 17.7 Å². The molecule has 0 aliphatic rings. The number of benzene rings is 1. The van der Waals surface area contributed by atoms with Gasteiger partial charge in [0, 0.05) is 18.6 Å². The molecule has 192 valence electrons. The molecule has 4 unspecified atom stereocenters. The molecule has 3 amide bonds. The molecule has 0 saturated carbocycles. The second-order valence-electron chi connectivity index (χ2n) is 7.53. The Labute approximate surface area is 205 Å². The number of hydrogen-bond acceptors (Lipinski definition) is 8. The SMILES string of the molecule is NC(CS)C(=O)NC(CCC(=O)O)C(=O)NC(CC(=O)O)C(=O)NC(Cc1ccccc1)C(=O)O. The number of nitrogens with two attached hydrogens (primary N) is 1. The standard InChI is InChI=1S/C21H28N4O9S/c22-12(10-35)18(30)23-13(6-7-16(26)27)19(31)24-14(9-17(28)29)20(32)25-15(21(33)34)8-11-4-2-1-3-5-11/h1-5,12-15,35H,6-10,22H2,(H,23,30)(H,24,31)(H,25,32)(H,26,27)(H,28,29)(H,33,34). The van der Waals surface area contributed by atoms with Gasteiger partial charge in [-0.2, -0.15) is 12.6 Å². The van der Waals surface area contributed by atoms with Gasteiger partial charge >= 0.3 is 17.9 Å². The van der Waals surface area contributed by atoms with Crippen molar-refractivity contribution in [2.45, 2.75) is 49.9 Å². The van der Waals surface area contributed by atoms with Crippen LogP contribution in [0.1, 0.15) is 24.8 Å². The zero-order valence-corrected chi connectivity index (χ0v) is 19.4. The molecule has 14 heteroatoms. The minimum absolute atomic E-state index is 0.0683. The molecular formula is C21H28N4O9S. The third-order valence-corrected chi connectivity index (χ3v) is 5.12. The lowest BCUT2D eigenvalue weighted by Gasteiger charge is -2.24. The zero-order chi connectivity index (χ0) is 26.5. The van der Waals surface area contributed by atoms with Crippen LogP contribution in [0.15, 0.2) is 30.3 Å². The number of thiol groups is 1. The smallest absolute Gasteiger partial charge is 0.326 e. The summed E-state index contributed by atoms with van der Waals surface area (Å²) >= 11 is 3.87. The monoisotopic (exact) mass is 512 g/mol. The molecule has 0 spiro atoms. The zero-order valence-electron chi connectivity index (χ0n) is 18.5. The summed E-state index contributed by atoms with van der Waals surface area (Å²) in [6.45, 7) is 0. The number of carboxylic acids is 3. The number of aliphatic carboxylic acids is 3. The summed E-state index contributed by atoms with van der Waals surface area (Å²) in [7, 11) is 0. The van der Waals surface area contributed by atoms with Crippen LogP contribution in [0.5, 0.6) is 0 Å². The van der Waals surface area contributed by atoms with E-state index in [2.05, 4.69) is 28.6 Å². The first kappa shape index (κ1) is 29.4. The first-order valence-electron chi connectivity index (χ1n) is 10.4. The van der Waals surface area contributed by atoms with Crippen molar-refractivity contribution in [1.82, 2.24) is 16.0 Å². The molecule has 1 rings (SSSR count). The molecule has 1 aromatic carbocycles. The summed E-state index contributed by atoms with van der Waals surface area (Å²) in [5.74, 6) is -7.11. The van der Waals surface area contributed by atoms with Gasteiger partial charge in [-0.25, -0.2) is 4.79 Å². The van der Waals surface area contributed by atoms with Gasteiger partial charge in [-0.05, 0) is 12.0 Å². The molecule has 0 fully saturated rings. The summed E-state index contributed by atoms with van der Waals surface area (Å²) in [6, 6.07) is 2.67. The lowest BCUT2D eigenvalue weighted by Crippen LogP contribution is -2.57. The molecule has 4 atom stereocenters. The Morgan fingerprint density at radius 2 is 1.34 bits per heavy atom. The van der Waals surface area contributed by atoms with E-state index in [1.165, 1.54) is 0 Å². The first-order chi connectivity index (χ1) is 16.4. The van der Waals surface area contributed by atoms with Crippen LogP contribution >= 0.6 is 12.6 Å². The van der Waals surface area contributed by atoms with Crippen LogP contribution in [0.25, 0.3) is 0 Å². The topological polar surface area (TPSA) is 225 Å². The average molecular weight is 513 g/mol. The van der Waals surface area contributed by atoms with Crippen molar-refractivity contribution < 1.29 is 44.1 Å². The third kappa shape index (κ3) is 10.9. The maximum atomic E-state index is 12.7. The Morgan fingerprint density at radius 3 is 1.86 bits per heavy atom. The number of carbonyl (C=O) groups is 6. The summed E-state index contributed by atoms with van der Waals surface area (Å²) in [4.78, 5) is 71.4. The van der Waals surface area contributed by atoms with Gasteiger partial charge in [0.15, 0.2) is 0 Å². The first-order valence-corrected chi connectivity index (χ1v) is 11.1. The number of carbonyl (C=O) groups excluding carboxylic acids is 3. The highest BCUT2D eigenvalue weighted by molar-refractivity contribution is 7.80. The summed E-state index contributed by atoms with van der Waals surface area (Å²) < 4.78 is 0. The van der Waals surface area contributed by atoms with E-state index in [0.29, 0.717) is 5.56 Å². The van der Waals surface area contributed by atoms with Crippen molar-refractivity contribution in [3.05, 3.63) is 35.9 Å². The lowest BCUT2D eigenvalue weighted by atomic mass is 10.0. The van der Waals surface area contributed by atoms with Gasteiger partial charge in [0.1, 0.15) is 18.1 Å². The summed E-state index contributed by atoms with van der Waals surface area (Å²) in [6.07, 6.45) is -1.90.